The van der Waals surface area contributed by atoms with Crippen LogP contribution in [-0.4, -0.2) is 21.8 Å². The Morgan fingerprint density at radius 3 is 2.94 bits per heavy atom. The van der Waals surface area contributed by atoms with E-state index in [1.165, 1.54) is 36.9 Å². The third-order valence-corrected chi connectivity index (χ3v) is 3.26. The average Bonchev–Trinajstić information content (AvgIpc) is 2.26. The molecule has 0 aliphatic carbocycles. The predicted octanol–water partition coefficient (Wildman–Crippen LogP) is 2.64. The molecule has 1 rings (SSSR count). The zero-order valence-corrected chi connectivity index (χ0v) is 10.1. The number of nitrogen functional groups attached to an aromatic ring is 1. The molecule has 0 saturated carbocycles. The predicted molar refractivity (Wildman–Crippen MR) is 65.9 cm³/mol. The smallest absolute Gasteiger partial charge is 0.337 e. The van der Waals surface area contributed by atoms with E-state index in [1.54, 1.807) is 0 Å². The molecule has 0 spiro atoms. The number of unbranched alkanes of at least 4 members (excludes halogenated alkanes) is 2. The highest BCUT2D eigenvalue weighted by Gasteiger charge is 2.12. The Morgan fingerprint density at radius 2 is 2.31 bits per heavy atom. The lowest BCUT2D eigenvalue weighted by Gasteiger charge is -2.06. The number of carboxylic acid groups (broad SMARTS) is 1. The molecule has 0 bridgehead atoms. The molecule has 88 valence electrons. The first kappa shape index (κ1) is 12.8. The van der Waals surface area contributed by atoms with Crippen molar-refractivity contribution in [2.75, 3.05) is 11.5 Å². The molecule has 1 aromatic heterocycles. The fourth-order valence-corrected chi connectivity index (χ4v) is 2.22. The molecule has 0 aromatic carbocycles. The van der Waals surface area contributed by atoms with Crippen LogP contribution in [0.3, 0.4) is 0 Å². The second-order valence-electron chi connectivity index (χ2n) is 3.44. The van der Waals surface area contributed by atoms with Crippen molar-refractivity contribution in [2.45, 2.75) is 31.2 Å². The van der Waals surface area contributed by atoms with Crippen molar-refractivity contribution >= 4 is 23.4 Å². The van der Waals surface area contributed by atoms with Gasteiger partial charge in [0.15, 0.2) is 0 Å². The molecule has 0 saturated heterocycles. The summed E-state index contributed by atoms with van der Waals surface area (Å²) < 4.78 is 0. The number of aromatic carboxylic acids is 1. The van der Waals surface area contributed by atoms with Crippen LogP contribution in [-0.2, 0) is 0 Å². The summed E-state index contributed by atoms with van der Waals surface area (Å²) in [5, 5.41) is 9.50. The first-order valence-electron chi connectivity index (χ1n) is 5.27. The van der Waals surface area contributed by atoms with E-state index in [4.69, 9.17) is 10.8 Å². The van der Waals surface area contributed by atoms with Gasteiger partial charge in [-0.1, -0.05) is 19.8 Å². The Bertz CT molecular complexity index is 369. The van der Waals surface area contributed by atoms with Crippen molar-refractivity contribution in [2.24, 2.45) is 0 Å². The van der Waals surface area contributed by atoms with Gasteiger partial charge < -0.3 is 10.8 Å². The van der Waals surface area contributed by atoms with Crippen LogP contribution in [0, 0.1) is 0 Å². The number of carboxylic acids is 1. The number of carbonyl (C=O) groups is 1. The fraction of sp³-hybridized carbons (Fsp3) is 0.455. The molecule has 0 fully saturated rings. The molecule has 0 aliphatic rings. The highest BCUT2D eigenvalue weighted by atomic mass is 32.2. The first-order valence-corrected chi connectivity index (χ1v) is 6.26. The van der Waals surface area contributed by atoms with Gasteiger partial charge in [0, 0.05) is 6.20 Å². The summed E-state index contributed by atoms with van der Waals surface area (Å²) in [5.74, 6) is -0.0796. The van der Waals surface area contributed by atoms with E-state index in [1.807, 2.05) is 0 Å². The number of hydrogen-bond donors (Lipinski definition) is 2. The van der Waals surface area contributed by atoms with Crippen molar-refractivity contribution in [1.82, 2.24) is 4.98 Å². The van der Waals surface area contributed by atoms with Gasteiger partial charge in [-0.2, -0.15) is 0 Å². The third kappa shape index (κ3) is 3.41. The van der Waals surface area contributed by atoms with Crippen LogP contribution in [0.1, 0.15) is 36.5 Å². The van der Waals surface area contributed by atoms with Crippen LogP contribution in [0.2, 0.25) is 0 Å². The molecule has 5 heteroatoms. The number of hydrogen-bond acceptors (Lipinski definition) is 4. The summed E-state index contributed by atoms with van der Waals surface area (Å²) in [6.07, 6.45) is 4.92. The van der Waals surface area contributed by atoms with Gasteiger partial charge in [0.25, 0.3) is 0 Å². The van der Waals surface area contributed by atoms with Crippen LogP contribution in [0.25, 0.3) is 0 Å². The lowest BCUT2D eigenvalue weighted by Crippen LogP contribution is -2.04. The number of rotatable bonds is 6. The number of nitrogens with two attached hydrogens (primary N) is 1. The van der Waals surface area contributed by atoms with Gasteiger partial charge in [-0.25, -0.2) is 9.78 Å². The van der Waals surface area contributed by atoms with Crippen molar-refractivity contribution in [3.8, 4) is 0 Å². The van der Waals surface area contributed by atoms with Gasteiger partial charge in [-0.15, -0.1) is 11.8 Å². The highest BCUT2D eigenvalue weighted by molar-refractivity contribution is 7.99. The SMILES string of the molecule is CCCCCSc1nccc(C(=O)O)c1N. The molecule has 0 radical (unpaired) electrons. The summed E-state index contributed by atoms with van der Waals surface area (Å²) >= 11 is 1.52. The summed E-state index contributed by atoms with van der Waals surface area (Å²) in [7, 11) is 0. The van der Waals surface area contributed by atoms with Gasteiger partial charge in [0.1, 0.15) is 5.03 Å². The molecule has 0 unspecified atom stereocenters. The minimum Gasteiger partial charge on any atom is -0.478 e. The Morgan fingerprint density at radius 1 is 1.56 bits per heavy atom. The average molecular weight is 240 g/mol. The molecule has 0 aliphatic heterocycles. The lowest BCUT2D eigenvalue weighted by atomic mass is 10.2. The number of thioether (sulfide) groups is 1. The molecular weight excluding hydrogens is 224 g/mol. The monoisotopic (exact) mass is 240 g/mol. The largest absolute Gasteiger partial charge is 0.478 e. The van der Waals surface area contributed by atoms with Crippen LogP contribution in [0.5, 0.6) is 0 Å². The van der Waals surface area contributed by atoms with Gasteiger partial charge >= 0.3 is 5.97 Å². The molecule has 1 aromatic rings. The van der Waals surface area contributed by atoms with E-state index >= 15 is 0 Å². The zero-order chi connectivity index (χ0) is 12.0. The highest BCUT2D eigenvalue weighted by Crippen LogP contribution is 2.26. The molecule has 0 amide bonds. The van der Waals surface area contributed by atoms with Crippen molar-refractivity contribution in [1.29, 1.82) is 0 Å². The van der Waals surface area contributed by atoms with E-state index < -0.39 is 5.97 Å². The standard InChI is InChI=1S/C11H16N2O2S/c1-2-3-4-7-16-10-9(12)8(11(14)15)5-6-13-10/h5-6H,2-4,7,12H2,1H3,(H,14,15). The normalized spacial score (nSPS) is 10.3. The summed E-state index contributed by atoms with van der Waals surface area (Å²) in [6, 6.07) is 1.42. The van der Waals surface area contributed by atoms with Gasteiger partial charge in [-0.05, 0) is 18.2 Å². The number of anilines is 1. The van der Waals surface area contributed by atoms with Crippen LogP contribution >= 0.6 is 11.8 Å². The topological polar surface area (TPSA) is 76.2 Å². The minimum absolute atomic E-state index is 0.132. The third-order valence-electron chi connectivity index (χ3n) is 2.17. The minimum atomic E-state index is -1.00. The number of nitrogens with zero attached hydrogens (tertiary/aromatic N) is 1. The maximum absolute atomic E-state index is 10.8. The van der Waals surface area contributed by atoms with E-state index in [-0.39, 0.29) is 11.3 Å². The van der Waals surface area contributed by atoms with E-state index in [2.05, 4.69) is 11.9 Å². The second-order valence-corrected chi connectivity index (χ2v) is 4.52. The maximum Gasteiger partial charge on any atom is 0.337 e. The van der Waals surface area contributed by atoms with Crippen LogP contribution in [0.15, 0.2) is 17.3 Å². The summed E-state index contributed by atoms with van der Waals surface area (Å²) in [6.45, 7) is 2.14. The van der Waals surface area contributed by atoms with E-state index in [0.29, 0.717) is 5.03 Å². The fourth-order valence-electron chi connectivity index (χ4n) is 1.28. The summed E-state index contributed by atoms with van der Waals surface area (Å²) in [4.78, 5) is 14.9. The molecule has 4 nitrogen and oxygen atoms in total. The molecule has 0 atom stereocenters. The zero-order valence-electron chi connectivity index (χ0n) is 9.27. The Balaban J connectivity index is 2.66. The number of aromatic nitrogens is 1. The second kappa shape index (κ2) is 6.37. The molecule has 1 heterocycles. The molecule has 16 heavy (non-hydrogen) atoms. The van der Waals surface area contributed by atoms with Gasteiger partial charge in [-0.3, -0.25) is 0 Å². The quantitative estimate of drug-likeness (QED) is 0.590. The van der Waals surface area contributed by atoms with Crippen molar-refractivity contribution in [3.63, 3.8) is 0 Å². The van der Waals surface area contributed by atoms with E-state index in [0.717, 1.165) is 12.2 Å². The van der Waals surface area contributed by atoms with E-state index in [9.17, 15) is 4.79 Å². The Labute approximate surface area is 99.3 Å². The lowest BCUT2D eigenvalue weighted by molar-refractivity contribution is 0.0697. The van der Waals surface area contributed by atoms with Crippen molar-refractivity contribution < 1.29 is 9.90 Å². The molecule has 3 N–H and O–H groups in total. The van der Waals surface area contributed by atoms with Crippen molar-refractivity contribution in [3.05, 3.63) is 17.8 Å². The first-order chi connectivity index (χ1) is 7.66. The summed E-state index contributed by atoms with van der Waals surface area (Å²) in [5.41, 5.74) is 6.14. The maximum atomic E-state index is 10.8. The molecular formula is C11H16N2O2S. The Kier molecular flexibility index (Phi) is 5.11. The van der Waals surface area contributed by atoms with Gasteiger partial charge in [0.2, 0.25) is 0 Å². The Hall–Kier alpha value is -1.23. The van der Waals surface area contributed by atoms with Crippen LogP contribution in [0.4, 0.5) is 5.69 Å². The van der Waals surface area contributed by atoms with Gasteiger partial charge in [0.05, 0.1) is 11.3 Å². The van der Waals surface area contributed by atoms with Crippen LogP contribution < -0.4 is 5.73 Å². The number of pyridine rings is 1.